The summed E-state index contributed by atoms with van der Waals surface area (Å²) in [4.78, 5) is 11.8. The zero-order chi connectivity index (χ0) is 15.1. The van der Waals surface area contributed by atoms with Crippen molar-refractivity contribution in [3.8, 4) is 0 Å². The molecule has 21 heavy (non-hydrogen) atoms. The van der Waals surface area contributed by atoms with Crippen LogP contribution in [0.1, 0.15) is 45.4 Å². The largest absolute Gasteiger partial charge is 0.399 e. The topological polar surface area (TPSA) is 64.3 Å². The van der Waals surface area contributed by atoms with E-state index < -0.39 is 0 Å². The fraction of sp³-hybridized carbons (Fsp3) is 0.588. The van der Waals surface area contributed by atoms with Gasteiger partial charge in [-0.15, -0.1) is 0 Å². The molecule has 2 unspecified atom stereocenters. The minimum atomic E-state index is 0.0281. The molecule has 4 nitrogen and oxygen atoms in total. The molecule has 2 rings (SSSR count). The number of carbonyl (C=O) groups is 1. The molecule has 0 spiro atoms. The number of benzene rings is 1. The molecule has 116 valence electrons. The van der Waals surface area contributed by atoms with Gasteiger partial charge < -0.3 is 15.8 Å². The van der Waals surface area contributed by atoms with Crippen LogP contribution in [0.25, 0.3) is 0 Å². The van der Waals surface area contributed by atoms with Crippen LogP contribution in [0.3, 0.4) is 0 Å². The first kappa shape index (κ1) is 15.8. The zero-order valence-electron chi connectivity index (χ0n) is 12.8. The Morgan fingerprint density at radius 3 is 2.81 bits per heavy atom. The normalized spacial score (nSPS) is 22.0. The van der Waals surface area contributed by atoms with Gasteiger partial charge in [0.25, 0.3) is 0 Å². The summed E-state index contributed by atoms with van der Waals surface area (Å²) in [5, 5.41) is 2.86. The van der Waals surface area contributed by atoms with E-state index in [1.807, 2.05) is 12.1 Å². The third kappa shape index (κ3) is 5.76. The summed E-state index contributed by atoms with van der Waals surface area (Å²) in [5.74, 6) is 0.804. The Morgan fingerprint density at radius 2 is 2.10 bits per heavy atom. The van der Waals surface area contributed by atoms with Gasteiger partial charge in [0.15, 0.2) is 0 Å². The molecule has 0 radical (unpaired) electrons. The molecular formula is C17H26N2O2. The van der Waals surface area contributed by atoms with Crippen molar-refractivity contribution >= 4 is 17.3 Å². The van der Waals surface area contributed by atoms with Crippen molar-refractivity contribution in [1.82, 2.24) is 0 Å². The van der Waals surface area contributed by atoms with E-state index in [4.69, 9.17) is 10.5 Å². The number of carbonyl (C=O) groups excluding carboxylic acids is 1. The third-order valence-electron chi connectivity index (χ3n) is 3.98. The standard InChI is InChI=1S/C17H26N2O2/c1-13-4-2-5-16(12-13)21-11-3-6-17(20)19-15-9-7-14(18)8-10-15/h7-10,13,16H,2-6,11-12,18H2,1H3,(H,19,20). The summed E-state index contributed by atoms with van der Waals surface area (Å²) in [6.07, 6.45) is 6.58. The molecule has 0 aliphatic heterocycles. The Hall–Kier alpha value is -1.55. The second-order valence-electron chi connectivity index (χ2n) is 6.04. The molecule has 2 atom stereocenters. The second-order valence-corrected chi connectivity index (χ2v) is 6.04. The molecule has 3 N–H and O–H groups in total. The molecule has 0 aromatic heterocycles. The fourth-order valence-electron chi connectivity index (χ4n) is 2.80. The lowest BCUT2D eigenvalue weighted by molar-refractivity contribution is -0.116. The van der Waals surface area contributed by atoms with E-state index >= 15 is 0 Å². The average molecular weight is 290 g/mol. The van der Waals surface area contributed by atoms with E-state index in [1.165, 1.54) is 19.3 Å². The predicted molar refractivity (Wildman–Crippen MR) is 86.1 cm³/mol. The Bertz CT molecular complexity index is 445. The SMILES string of the molecule is CC1CCCC(OCCCC(=O)Nc2ccc(N)cc2)C1. The average Bonchev–Trinajstić information content (AvgIpc) is 2.46. The Morgan fingerprint density at radius 1 is 1.33 bits per heavy atom. The van der Waals surface area contributed by atoms with Crippen molar-refractivity contribution in [3.63, 3.8) is 0 Å². The van der Waals surface area contributed by atoms with Crippen LogP contribution in [0.15, 0.2) is 24.3 Å². The van der Waals surface area contributed by atoms with Crippen LogP contribution in [0.4, 0.5) is 11.4 Å². The fourth-order valence-corrected chi connectivity index (χ4v) is 2.80. The van der Waals surface area contributed by atoms with Crippen LogP contribution in [-0.4, -0.2) is 18.6 Å². The molecule has 0 bridgehead atoms. The van der Waals surface area contributed by atoms with Gasteiger partial charge in [-0.25, -0.2) is 0 Å². The third-order valence-corrected chi connectivity index (χ3v) is 3.98. The maximum Gasteiger partial charge on any atom is 0.224 e. The van der Waals surface area contributed by atoms with Gasteiger partial charge in [0.1, 0.15) is 0 Å². The van der Waals surface area contributed by atoms with E-state index in [2.05, 4.69) is 12.2 Å². The van der Waals surface area contributed by atoms with Crippen molar-refractivity contribution in [3.05, 3.63) is 24.3 Å². The number of ether oxygens (including phenoxy) is 1. The molecule has 1 saturated carbocycles. The number of hydrogen-bond donors (Lipinski definition) is 2. The lowest BCUT2D eigenvalue weighted by atomic mass is 9.89. The van der Waals surface area contributed by atoms with E-state index in [9.17, 15) is 4.79 Å². The molecule has 1 aromatic carbocycles. The van der Waals surface area contributed by atoms with Crippen molar-refractivity contribution in [1.29, 1.82) is 0 Å². The highest BCUT2D eigenvalue weighted by Crippen LogP contribution is 2.25. The van der Waals surface area contributed by atoms with Crippen LogP contribution >= 0.6 is 0 Å². The molecule has 1 fully saturated rings. The van der Waals surface area contributed by atoms with Crippen LogP contribution in [0.2, 0.25) is 0 Å². The Balaban J connectivity index is 1.59. The summed E-state index contributed by atoms with van der Waals surface area (Å²) in [6.45, 7) is 2.96. The van der Waals surface area contributed by atoms with E-state index in [-0.39, 0.29) is 5.91 Å². The summed E-state index contributed by atoms with van der Waals surface area (Å²) < 4.78 is 5.87. The van der Waals surface area contributed by atoms with Gasteiger partial charge in [0.2, 0.25) is 5.91 Å². The van der Waals surface area contributed by atoms with Crippen LogP contribution < -0.4 is 11.1 Å². The van der Waals surface area contributed by atoms with Crippen LogP contribution in [0, 0.1) is 5.92 Å². The highest BCUT2D eigenvalue weighted by Gasteiger charge is 2.18. The molecule has 1 amide bonds. The number of anilines is 2. The minimum Gasteiger partial charge on any atom is -0.399 e. The highest BCUT2D eigenvalue weighted by atomic mass is 16.5. The first-order valence-corrected chi connectivity index (χ1v) is 7.90. The lowest BCUT2D eigenvalue weighted by Gasteiger charge is -2.26. The van der Waals surface area contributed by atoms with Gasteiger partial charge in [0, 0.05) is 24.4 Å². The predicted octanol–water partition coefficient (Wildman–Crippen LogP) is 3.58. The first-order valence-electron chi connectivity index (χ1n) is 7.90. The zero-order valence-corrected chi connectivity index (χ0v) is 12.8. The number of hydrogen-bond acceptors (Lipinski definition) is 3. The smallest absolute Gasteiger partial charge is 0.224 e. The van der Waals surface area contributed by atoms with Gasteiger partial charge in [-0.3, -0.25) is 4.79 Å². The van der Waals surface area contributed by atoms with Crippen molar-refractivity contribution in [2.45, 2.75) is 51.6 Å². The molecule has 1 aromatic rings. The molecule has 0 heterocycles. The van der Waals surface area contributed by atoms with E-state index in [0.29, 0.717) is 24.8 Å². The van der Waals surface area contributed by atoms with Crippen molar-refractivity contribution in [2.75, 3.05) is 17.7 Å². The molecule has 0 saturated heterocycles. The van der Waals surface area contributed by atoms with Gasteiger partial charge in [-0.1, -0.05) is 19.8 Å². The van der Waals surface area contributed by atoms with Crippen LogP contribution in [0.5, 0.6) is 0 Å². The van der Waals surface area contributed by atoms with Crippen molar-refractivity contribution in [2.24, 2.45) is 5.92 Å². The second kappa shape index (κ2) is 8.03. The van der Waals surface area contributed by atoms with Gasteiger partial charge in [-0.05, 0) is 49.4 Å². The van der Waals surface area contributed by atoms with Crippen LogP contribution in [-0.2, 0) is 9.53 Å². The van der Waals surface area contributed by atoms with Gasteiger partial charge in [-0.2, -0.15) is 0 Å². The number of rotatable bonds is 6. The van der Waals surface area contributed by atoms with E-state index in [0.717, 1.165) is 24.4 Å². The molecular weight excluding hydrogens is 264 g/mol. The van der Waals surface area contributed by atoms with Gasteiger partial charge >= 0.3 is 0 Å². The Labute approximate surface area is 127 Å². The van der Waals surface area contributed by atoms with E-state index in [1.54, 1.807) is 12.1 Å². The molecule has 4 heteroatoms. The maximum absolute atomic E-state index is 11.8. The summed E-state index contributed by atoms with van der Waals surface area (Å²) in [6, 6.07) is 7.19. The quantitative estimate of drug-likeness (QED) is 0.621. The van der Waals surface area contributed by atoms with Gasteiger partial charge in [0.05, 0.1) is 6.10 Å². The minimum absolute atomic E-state index is 0.0281. The Kier molecular flexibility index (Phi) is 6.05. The first-order chi connectivity index (χ1) is 10.1. The molecule has 1 aliphatic rings. The summed E-state index contributed by atoms with van der Waals surface area (Å²) >= 11 is 0. The van der Waals surface area contributed by atoms with Crippen molar-refractivity contribution < 1.29 is 9.53 Å². The number of nitrogen functional groups attached to an aromatic ring is 1. The summed E-state index contributed by atoms with van der Waals surface area (Å²) in [5.41, 5.74) is 7.09. The highest BCUT2D eigenvalue weighted by molar-refractivity contribution is 5.90. The number of nitrogens with one attached hydrogen (secondary N) is 1. The lowest BCUT2D eigenvalue weighted by Crippen LogP contribution is -2.22. The summed E-state index contributed by atoms with van der Waals surface area (Å²) in [7, 11) is 0. The number of amides is 1. The monoisotopic (exact) mass is 290 g/mol. The maximum atomic E-state index is 11.8. The molecule has 1 aliphatic carbocycles. The number of nitrogens with two attached hydrogens (primary N) is 1.